The number of halogens is 1. The Hall–Kier alpha value is -4.74. The summed E-state index contributed by atoms with van der Waals surface area (Å²) in [6.07, 6.45) is 6.43. The summed E-state index contributed by atoms with van der Waals surface area (Å²) >= 11 is 6.94. The third kappa shape index (κ3) is 7.18. The van der Waals surface area contributed by atoms with Gasteiger partial charge in [-0.1, -0.05) is 48.0 Å². The Morgan fingerprint density at radius 1 is 0.918 bits per heavy atom. The highest BCUT2D eigenvalue weighted by Crippen LogP contribution is 2.37. The molecular formula is C38H37ClN6O4. The first kappa shape index (κ1) is 32.8. The summed E-state index contributed by atoms with van der Waals surface area (Å²) in [5, 5.41) is 23.3. The number of aliphatic carboxylic acids is 1. The Kier molecular flexibility index (Phi) is 9.38. The van der Waals surface area contributed by atoms with Gasteiger partial charge in [0.2, 0.25) is 0 Å². The summed E-state index contributed by atoms with van der Waals surface area (Å²) in [7, 11) is 0. The number of carboxylic acids is 1. The number of aromatic nitrogens is 3. The summed E-state index contributed by atoms with van der Waals surface area (Å²) in [5.41, 5.74) is 8.42. The van der Waals surface area contributed by atoms with Crippen molar-refractivity contribution in [3.63, 3.8) is 0 Å². The van der Waals surface area contributed by atoms with Crippen molar-refractivity contribution in [1.29, 1.82) is 0 Å². The van der Waals surface area contributed by atoms with Crippen LogP contribution in [0, 0.1) is 12.8 Å². The molecule has 2 saturated heterocycles. The van der Waals surface area contributed by atoms with Crippen LogP contribution in [0.3, 0.4) is 0 Å². The van der Waals surface area contributed by atoms with Crippen LogP contribution in [0.15, 0.2) is 79.3 Å². The van der Waals surface area contributed by atoms with Gasteiger partial charge in [-0.15, -0.1) is 0 Å². The van der Waals surface area contributed by atoms with Crippen LogP contribution >= 0.6 is 11.6 Å². The van der Waals surface area contributed by atoms with Gasteiger partial charge >= 0.3 is 5.97 Å². The second-order valence-corrected chi connectivity index (χ2v) is 13.4. The molecule has 0 saturated carbocycles. The number of hydrogen-bond acceptors (Lipinski definition) is 8. The molecule has 5 heterocycles. The van der Waals surface area contributed by atoms with Crippen LogP contribution in [0.5, 0.6) is 0 Å². The number of anilines is 1. The molecule has 2 aliphatic heterocycles. The topological polar surface area (TPSA) is 132 Å². The molecule has 2 fully saturated rings. The number of carbonyl (C=O) groups is 2. The molecule has 3 aromatic heterocycles. The normalized spacial score (nSPS) is 16.9. The lowest BCUT2D eigenvalue weighted by atomic mass is 9.93. The van der Waals surface area contributed by atoms with E-state index in [2.05, 4.69) is 44.1 Å². The summed E-state index contributed by atoms with van der Waals surface area (Å²) in [6, 6.07) is 19.4. The average Bonchev–Trinajstić information content (AvgIpc) is 3.48. The molecule has 3 N–H and O–H groups in total. The number of aliphatic hydroxyl groups is 1. The van der Waals surface area contributed by atoms with E-state index in [0.717, 1.165) is 62.9 Å². The van der Waals surface area contributed by atoms with E-state index in [-0.39, 0.29) is 17.9 Å². The van der Waals surface area contributed by atoms with E-state index in [4.69, 9.17) is 16.6 Å². The zero-order valence-electron chi connectivity index (χ0n) is 27.1. The van der Waals surface area contributed by atoms with Crippen LogP contribution in [0.4, 0.5) is 5.69 Å². The molecule has 0 spiro atoms. The number of nitrogens with zero attached hydrogens (tertiary/aromatic N) is 5. The molecule has 10 nitrogen and oxygen atoms in total. The van der Waals surface area contributed by atoms with Gasteiger partial charge in [0.1, 0.15) is 5.69 Å². The molecule has 0 aliphatic carbocycles. The number of pyridine rings is 3. The molecular weight excluding hydrogens is 640 g/mol. The number of hydrogen-bond donors (Lipinski definition) is 3. The number of carbonyl (C=O) groups excluding carboxylic acids is 1. The average molecular weight is 677 g/mol. The maximum absolute atomic E-state index is 13.2. The molecule has 5 aromatic rings. The highest BCUT2D eigenvalue weighted by molar-refractivity contribution is 6.36. The van der Waals surface area contributed by atoms with Crippen molar-refractivity contribution in [3.8, 4) is 11.1 Å². The van der Waals surface area contributed by atoms with Crippen molar-refractivity contribution in [3.05, 3.63) is 118 Å². The maximum Gasteiger partial charge on any atom is 0.309 e. The number of benzene rings is 2. The van der Waals surface area contributed by atoms with Gasteiger partial charge in [0, 0.05) is 75.2 Å². The van der Waals surface area contributed by atoms with Crippen molar-refractivity contribution < 1.29 is 19.8 Å². The highest BCUT2D eigenvalue weighted by atomic mass is 35.5. The van der Waals surface area contributed by atoms with Gasteiger partial charge in [0.15, 0.2) is 0 Å². The fourth-order valence-corrected chi connectivity index (χ4v) is 7.00. The lowest BCUT2D eigenvalue weighted by molar-refractivity contribution is -0.147. The summed E-state index contributed by atoms with van der Waals surface area (Å²) in [5.74, 6) is -1.38. The van der Waals surface area contributed by atoms with E-state index in [0.29, 0.717) is 55.5 Å². The fourth-order valence-electron chi connectivity index (χ4n) is 6.73. The molecule has 0 radical (unpaired) electrons. The van der Waals surface area contributed by atoms with Crippen LogP contribution in [-0.2, 0) is 24.3 Å². The van der Waals surface area contributed by atoms with Gasteiger partial charge in [-0.3, -0.25) is 34.3 Å². The Labute approximate surface area is 289 Å². The van der Waals surface area contributed by atoms with Crippen molar-refractivity contribution in [2.75, 3.05) is 31.5 Å². The molecule has 11 heteroatoms. The van der Waals surface area contributed by atoms with E-state index in [9.17, 15) is 19.8 Å². The Balaban J connectivity index is 1.06. The Morgan fingerprint density at radius 3 is 2.45 bits per heavy atom. The predicted molar refractivity (Wildman–Crippen MR) is 188 cm³/mol. The zero-order valence-corrected chi connectivity index (χ0v) is 27.9. The number of amides is 1. The van der Waals surface area contributed by atoms with E-state index >= 15 is 0 Å². The van der Waals surface area contributed by atoms with Crippen molar-refractivity contribution in [2.45, 2.75) is 39.0 Å². The van der Waals surface area contributed by atoms with E-state index in [1.165, 1.54) is 0 Å². The van der Waals surface area contributed by atoms with E-state index in [1.807, 2.05) is 42.6 Å². The Bertz CT molecular complexity index is 2030. The molecule has 2 aromatic carbocycles. The zero-order chi connectivity index (χ0) is 34.1. The van der Waals surface area contributed by atoms with Crippen LogP contribution < -0.4 is 5.32 Å². The molecule has 1 atom stereocenters. The standard InChI is InChI=1S/C38H37ClN6O4/c1-23-26(15-34-36-27(10-12-40-34)14-25(17-42-36)19-45-20-28(21-45)38(48)49)4-2-5-30(23)31-6-3-7-32(35(31)39)43-37(47)33-9-8-24(16-41-33)18-44-13-11-29(46)22-44/h2-10,12,14,16-17,28-29,46H,11,13,15,18-22H2,1H3,(H,43,47)(H,48,49)/t29-/m1/s1. The number of carboxylic acid groups (broad SMARTS) is 1. The number of nitrogens with one attached hydrogen (secondary N) is 1. The largest absolute Gasteiger partial charge is 0.481 e. The van der Waals surface area contributed by atoms with Gasteiger partial charge in [0.05, 0.1) is 33.9 Å². The van der Waals surface area contributed by atoms with Crippen molar-refractivity contribution in [1.82, 2.24) is 24.8 Å². The van der Waals surface area contributed by atoms with Crippen LogP contribution in [-0.4, -0.2) is 79.1 Å². The first-order valence-corrected chi connectivity index (χ1v) is 16.8. The lowest BCUT2D eigenvalue weighted by Gasteiger charge is -2.36. The predicted octanol–water partition coefficient (Wildman–Crippen LogP) is 5.58. The number of fused-ring (bicyclic) bond motifs is 1. The van der Waals surface area contributed by atoms with Gasteiger partial charge in [0.25, 0.3) is 5.91 Å². The molecule has 250 valence electrons. The van der Waals surface area contributed by atoms with Gasteiger partial charge in [-0.25, -0.2) is 0 Å². The maximum atomic E-state index is 13.2. The van der Waals surface area contributed by atoms with Gasteiger partial charge in [-0.05, 0) is 65.4 Å². The van der Waals surface area contributed by atoms with Gasteiger partial charge in [-0.2, -0.15) is 0 Å². The molecule has 49 heavy (non-hydrogen) atoms. The second kappa shape index (κ2) is 14.0. The van der Waals surface area contributed by atoms with Crippen LogP contribution in [0.2, 0.25) is 5.02 Å². The van der Waals surface area contributed by atoms with Crippen molar-refractivity contribution >= 4 is 40.1 Å². The summed E-state index contributed by atoms with van der Waals surface area (Å²) in [4.78, 5) is 42.5. The second-order valence-electron chi connectivity index (χ2n) is 13.0. The Morgan fingerprint density at radius 2 is 1.69 bits per heavy atom. The molecule has 0 unspecified atom stereocenters. The number of aliphatic hydroxyl groups excluding tert-OH is 1. The summed E-state index contributed by atoms with van der Waals surface area (Å²) in [6.45, 7) is 6.02. The monoisotopic (exact) mass is 676 g/mol. The minimum absolute atomic E-state index is 0.280. The molecule has 2 aliphatic rings. The SMILES string of the molecule is Cc1c(Cc2nccc3cc(CN4CC(C(=O)O)C4)cnc23)cccc1-c1cccc(NC(=O)c2ccc(CN3CC[C@@H](O)C3)cn2)c1Cl. The summed E-state index contributed by atoms with van der Waals surface area (Å²) < 4.78 is 0. The van der Waals surface area contributed by atoms with E-state index in [1.54, 1.807) is 24.5 Å². The van der Waals surface area contributed by atoms with Crippen LogP contribution in [0.1, 0.15) is 44.9 Å². The first-order valence-electron chi connectivity index (χ1n) is 16.4. The molecule has 1 amide bonds. The third-order valence-electron chi connectivity index (χ3n) is 9.50. The number of rotatable bonds is 10. The minimum Gasteiger partial charge on any atom is -0.481 e. The smallest absolute Gasteiger partial charge is 0.309 e. The van der Waals surface area contributed by atoms with Crippen LogP contribution in [0.25, 0.3) is 22.0 Å². The van der Waals surface area contributed by atoms with Crippen molar-refractivity contribution in [2.24, 2.45) is 5.92 Å². The third-order valence-corrected chi connectivity index (χ3v) is 9.90. The minimum atomic E-state index is -0.740. The fraction of sp³-hybridized carbons (Fsp3) is 0.289. The van der Waals surface area contributed by atoms with Gasteiger partial charge < -0.3 is 15.5 Å². The number of likely N-dealkylation sites (tertiary alicyclic amines) is 2. The molecule has 7 rings (SSSR count). The highest BCUT2D eigenvalue weighted by Gasteiger charge is 2.32. The quantitative estimate of drug-likeness (QED) is 0.174. The molecule has 0 bridgehead atoms. The lowest BCUT2D eigenvalue weighted by Crippen LogP contribution is -2.49. The van der Waals surface area contributed by atoms with E-state index < -0.39 is 5.97 Å². The number of β-amino-alcohol motifs (C(OH)–C–C–N with tert-alkyl or cyclic N) is 1. The first-order chi connectivity index (χ1) is 23.7.